The van der Waals surface area contributed by atoms with Gasteiger partial charge in [0.2, 0.25) is 5.75 Å². The Morgan fingerprint density at radius 1 is 1.34 bits per heavy atom. The standard InChI is InChI=1S/C20H17Br2N5O5/c1-10(2)19-25-15-4-3-12(21)7-13(15)20(29)26(19)24-8-11-5-14(22)18(32-9-17(23)28)16(6-11)27(30)31/h3-8,10H,9H2,1-2H3,(H2,23,28). The molecule has 3 aromatic rings. The molecule has 0 aliphatic carbocycles. The molecule has 166 valence electrons. The van der Waals surface area contributed by atoms with Gasteiger partial charge >= 0.3 is 5.69 Å². The van der Waals surface area contributed by atoms with Gasteiger partial charge < -0.3 is 10.5 Å². The number of hydrogen-bond donors (Lipinski definition) is 1. The second kappa shape index (κ2) is 9.57. The van der Waals surface area contributed by atoms with E-state index in [2.05, 4.69) is 41.9 Å². The Morgan fingerprint density at radius 3 is 2.69 bits per heavy atom. The molecule has 0 atom stereocenters. The molecule has 0 unspecified atom stereocenters. The molecule has 10 nitrogen and oxygen atoms in total. The number of nitrogens with two attached hydrogens (primary N) is 1. The average Bonchev–Trinajstić information content (AvgIpc) is 2.71. The summed E-state index contributed by atoms with van der Waals surface area (Å²) in [7, 11) is 0. The monoisotopic (exact) mass is 565 g/mol. The molecule has 0 spiro atoms. The summed E-state index contributed by atoms with van der Waals surface area (Å²) < 4.78 is 7.29. The third kappa shape index (κ3) is 5.02. The highest BCUT2D eigenvalue weighted by atomic mass is 79.9. The van der Waals surface area contributed by atoms with Crippen LogP contribution in [-0.2, 0) is 4.79 Å². The summed E-state index contributed by atoms with van der Waals surface area (Å²) in [4.78, 5) is 39.4. The first-order valence-corrected chi connectivity index (χ1v) is 10.8. The number of nitro groups is 1. The first-order valence-electron chi connectivity index (χ1n) is 9.24. The molecule has 2 aromatic carbocycles. The fourth-order valence-corrected chi connectivity index (χ4v) is 3.81. The molecular weight excluding hydrogens is 550 g/mol. The molecule has 1 heterocycles. The van der Waals surface area contributed by atoms with Crippen molar-refractivity contribution < 1.29 is 14.5 Å². The maximum absolute atomic E-state index is 13.1. The van der Waals surface area contributed by atoms with E-state index < -0.39 is 17.4 Å². The van der Waals surface area contributed by atoms with Crippen molar-refractivity contribution in [2.75, 3.05) is 6.61 Å². The minimum atomic E-state index is -0.770. The number of rotatable bonds is 7. The summed E-state index contributed by atoms with van der Waals surface area (Å²) in [6, 6.07) is 7.93. The predicted octanol–water partition coefficient (Wildman–Crippen LogP) is 3.70. The Balaban J connectivity index is 2.11. The van der Waals surface area contributed by atoms with Crippen molar-refractivity contribution >= 4 is 60.6 Å². The van der Waals surface area contributed by atoms with Gasteiger partial charge in [-0.3, -0.25) is 19.7 Å². The molecule has 0 aliphatic heterocycles. The lowest BCUT2D eigenvalue weighted by atomic mass is 10.2. The molecule has 0 aliphatic rings. The molecular formula is C20H17Br2N5O5. The van der Waals surface area contributed by atoms with Crippen molar-refractivity contribution in [3.05, 3.63) is 71.1 Å². The highest BCUT2D eigenvalue weighted by Gasteiger charge is 2.21. The Morgan fingerprint density at radius 2 is 2.06 bits per heavy atom. The summed E-state index contributed by atoms with van der Waals surface area (Å²) >= 11 is 6.55. The van der Waals surface area contributed by atoms with Crippen molar-refractivity contribution in [2.45, 2.75) is 19.8 Å². The lowest BCUT2D eigenvalue weighted by Gasteiger charge is -2.12. The van der Waals surface area contributed by atoms with Gasteiger partial charge in [-0.2, -0.15) is 9.78 Å². The molecule has 0 bridgehead atoms. The van der Waals surface area contributed by atoms with Crippen LogP contribution in [-0.4, -0.2) is 33.3 Å². The number of carbonyl (C=O) groups excluding carboxylic acids is 1. The van der Waals surface area contributed by atoms with E-state index in [9.17, 15) is 19.7 Å². The largest absolute Gasteiger partial charge is 0.476 e. The Hall–Kier alpha value is -3.12. The molecule has 0 saturated carbocycles. The summed E-state index contributed by atoms with van der Waals surface area (Å²) in [5, 5.41) is 16.1. The molecule has 1 amide bonds. The van der Waals surface area contributed by atoms with Crippen molar-refractivity contribution in [1.82, 2.24) is 9.66 Å². The normalized spacial score (nSPS) is 11.4. The zero-order valence-electron chi connectivity index (χ0n) is 16.9. The van der Waals surface area contributed by atoms with Crippen molar-refractivity contribution in [3.8, 4) is 5.75 Å². The number of halogens is 2. The van der Waals surface area contributed by atoms with Crippen molar-refractivity contribution in [1.29, 1.82) is 0 Å². The number of ether oxygens (including phenoxy) is 1. The van der Waals surface area contributed by atoms with E-state index in [1.807, 2.05) is 13.8 Å². The van der Waals surface area contributed by atoms with Gasteiger partial charge in [0.15, 0.2) is 6.61 Å². The van der Waals surface area contributed by atoms with E-state index >= 15 is 0 Å². The lowest BCUT2D eigenvalue weighted by molar-refractivity contribution is -0.385. The first kappa shape index (κ1) is 23.5. The minimum Gasteiger partial charge on any atom is -0.476 e. The maximum atomic E-state index is 13.1. The van der Waals surface area contributed by atoms with Gasteiger partial charge in [0.1, 0.15) is 5.82 Å². The third-order valence-corrected chi connectivity index (χ3v) is 5.36. The van der Waals surface area contributed by atoms with Crippen LogP contribution in [0.5, 0.6) is 5.75 Å². The number of aromatic nitrogens is 2. The van der Waals surface area contributed by atoms with Crippen LogP contribution in [0.15, 0.2) is 49.2 Å². The Bertz CT molecular complexity index is 1320. The maximum Gasteiger partial charge on any atom is 0.312 e. The van der Waals surface area contributed by atoms with E-state index in [1.165, 1.54) is 23.0 Å². The van der Waals surface area contributed by atoms with Crippen LogP contribution < -0.4 is 16.0 Å². The highest BCUT2D eigenvalue weighted by molar-refractivity contribution is 9.10. The van der Waals surface area contributed by atoms with Gasteiger partial charge in [-0.1, -0.05) is 29.8 Å². The number of fused-ring (bicyclic) bond motifs is 1. The fourth-order valence-electron chi connectivity index (χ4n) is 2.87. The lowest BCUT2D eigenvalue weighted by Crippen LogP contribution is -2.23. The average molecular weight is 567 g/mol. The summed E-state index contributed by atoms with van der Waals surface area (Å²) in [5.41, 5.74) is 5.16. The quantitative estimate of drug-likeness (QED) is 0.262. The fraction of sp³-hybridized carbons (Fsp3) is 0.200. The molecule has 0 fully saturated rings. The van der Waals surface area contributed by atoms with Crippen LogP contribution in [0.2, 0.25) is 0 Å². The van der Waals surface area contributed by atoms with Crippen LogP contribution in [0.1, 0.15) is 31.2 Å². The Labute approximate surface area is 198 Å². The van der Waals surface area contributed by atoms with E-state index in [-0.39, 0.29) is 27.4 Å². The summed E-state index contributed by atoms with van der Waals surface area (Å²) in [5.74, 6) is -0.578. The molecule has 0 radical (unpaired) electrons. The second-order valence-electron chi connectivity index (χ2n) is 7.01. The topological polar surface area (TPSA) is 143 Å². The number of amides is 1. The van der Waals surface area contributed by atoms with E-state index in [1.54, 1.807) is 18.2 Å². The van der Waals surface area contributed by atoms with Gasteiger partial charge in [0, 0.05) is 22.0 Å². The van der Waals surface area contributed by atoms with Crippen LogP contribution in [0, 0.1) is 10.1 Å². The number of carbonyl (C=O) groups is 1. The van der Waals surface area contributed by atoms with Crippen molar-refractivity contribution in [3.63, 3.8) is 0 Å². The summed E-state index contributed by atoms with van der Waals surface area (Å²) in [6.07, 6.45) is 1.31. The number of hydrogen-bond acceptors (Lipinski definition) is 7. The molecule has 3 rings (SSSR count). The second-order valence-corrected chi connectivity index (χ2v) is 8.78. The van der Waals surface area contributed by atoms with E-state index in [0.717, 1.165) is 4.47 Å². The number of primary amides is 1. The van der Waals surface area contributed by atoms with Crippen molar-refractivity contribution in [2.24, 2.45) is 10.8 Å². The molecule has 12 heteroatoms. The number of nitro benzene ring substituents is 1. The third-order valence-electron chi connectivity index (χ3n) is 4.27. The van der Waals surface area contributed by atoms with E-state index in [0.29, 0.717) is 22.3 Å². The van der Waals surface area contributed by atoms with Gasteiger partial charge in [0.25, 0.3) is 11.5 Å². The molecule has 32 heavy (non-hydrogen) atoms. The van der Waals surface area contributed by atoms with Gasteiger partial charge in [-0.15, -0.1) is 0 Å². The SMILES string of the molecule is CC(C)c1nc2ccc(Br)cc2c(=O)n1N=Cc1cc(Br)c(OCC(N)=O)c([N+](=O)[O-])c1. The zero-order valence-corrected chi connectivity index (χ0v) is 20.1. The molecule has 0 saturated heterocycles. The van der Waals surface area contributed by atoms with Gasteiger partial charge in [-0.05, 0) is 40.2 Å². The summed E-state index contributed by atoms with van der Waals surface area (Å²) in [6.45, 7) is 3.24. The van der Waals surface area contributed by atoms with Gasteiger partial charge in [0.05, 0.1) is 26.5 Å². The van der Waals surface area contributed by atoms with Crippen LogP contribution in [0.25, 0.3) is 10.9 Å². The van der Waals surface area contributed by atoms with Crippen LogP contribution in [0.3, 0.4) is 0 Å². The highest BCUT2D eigenvalue weighted by Crippen LogP contribution is 2.36. The number of nitrogens with zero attached hydrogens (tertiary/aromatic N) is 4. The zero-order chi connectivity index (χ0) is 23.6. The smallest absolute Gasteiger partial charge is 0.312 e. The minimum absolute atomic E-state index is 0.112. The first-order chi connectivity index (χ1) is 15.1. The van der Waals surface area contributed by atoms with Crippen LogP contribution in [0.4, 0.5) is 5.69 Å². The predicted molar refractivity (Wildman–Crippen MR) is 126 cm³/mol. The number of benzene rings is 2. The Kier molecular flexibility index (Phi) is 7.04. The van der Waals surface area contributed by atoms with Crippen LogP contribution >= 0.6 is 31.9 Å². The molecule has 2 N–H and O–H groups in total. The van der Waals surface area contributed by atoms with E-state index in [4.69, 9.17) is 10.5 Å². The van der Waals surface area contributed by atoms with Gasteiger partial charge in [-0.25, -0.2) is 4.98 Å². The molecule has 1 aromatic heterocycles.